The van der Waals surface area contributed by atoms with E-state index in [1.54, 1.807) is 12.1 Å². The predicted octanol–water partition coefficient (Wildman–Crippen LogP) is 3.38. The molecule has 1 aromatic carbocycles. The molecule has 0 amide bonds. The zero-order valence-electron chi connectivity index (χ0n) is 8.06. The van der Waals surface area contributed by atoms with Crippen LogP contribution < -0.4 is 5.32 Å². The van der Waals surface area contributed by atoms with E-state index in [0.717, 1.165) is 4.48 Å². The fourth-order valence-corrected chi connectivity index (χ4v) is 1.36. The van der Waals surface area contributed by atoms with E-state index < -0.39 is 0 Å². The van der Waals surface area contributed by atoms with Crippen LogP contribution >= 0.6 is 15.9 Å². The Kier molecular flexibility index (Phi) is 4.29. The largest absolute Gasteiger partial charge is 0.306 e. The van der Waals surface area contributed by atoms with Gasteiger partial charge in [0.1, 0.15) is 5.82 Å². The molecule has 1 aromatic rings. The molecule has 0 aromatic heterocycles. The van der Waals surface area contributed by atoms with Crippen molar-refractivity contribution in [1.82, 2.24) is 5.32 Å². The zero-order valence-corrected chi connectivity index (χ0v) is 9.64. The number of rotatable bonds is 4. The van der Waals surface area contributed by atoms with Crippen LogP contribution in [-0.2, 0) is 0 Å². The van der Waals surface area contributed by atoms with Crippen LogP contribution in [0.1, 0.15) is 18.5 Å². The lowest BCUT2D eigenvalue weighted by Gasteiger charge is -2.14. The normalized spacial score (nSPS) is 12.5. The Hall–Kier alpha value is -0.670. The van der Waals surface area contributed by atoms with Crippen molar-refractivity contribution in [3.05, 3.63) is 46.7 Å². The molecule has 0 spiro atoms. The first-order valence-corrected chi connectivity index (χ1v) is 5.21. The van der Waals surface area contributed by atoms with Gasteiger partial charge in [-0.3, -0.25) is 0 Å². The lowest BCUT2D eigenvalue weighted by molar-refractivity contribution is 0.548. The summed E-state index contributed by atoms with van der Waals surface area (Å²) in [5.41, 5.74) is 0.682. The van der Waals surface area contributed by atoms with Crippen molar-refractivity contribution in [3.63, 3.8) is 0 Å². The van der Waals surface area contributed by atoms with Gasteiger partial charge in [-0.25, -0.2) is 4.39 Å². The second-order valence-corrected chi connectivity index (χ2v) is 4.26. The highest BCUT2D eigenvalue weighted by atomic mass is 79.9. The number of nitrogens with one attached hydrogen (secondary N) is 1. The van der Waals surface area contributed by atoms with E-state index in [1.807, 2.05) is 13.0 Å². The van der Waals surface area contributed by atoms with Crippen LogP contribution in [0.2, 0.25) is 0 Å². The quantitative estimate of drug-likeness (QED) is 0.872. The zero-order chi connectivity index (χ0) is 10.6. The van der Waals surface area contributed by atoms with Gasteiger partial charge in [-0.15, -0.1) is 0 Å². The van der Waals surface area contributed by atoms with Crippen molar-refractivity contribution >= 4 is 15.9 Å². The van der Waals surface area contributed by atoms with E-state index >= 15 is 0 Å². The Morgan fingerprint density at radius 3 is 2.79 bits per heavy atom. The van der Waals surface area contributed by atoms with Gasteiger partial charge >= 0.3 is 0 Å². The topological polar surface area (TPSA) is 12.0 Å². The summed E-state index contributed by atoms with van der Waals surface area (Å²) in [6.45, 7) is 6.26. The van der Waals surface area contributed by atoms with Gasteiger partial charge in [0.15, 0.2) is 0 Å². The minimum Gasteiger partial charge on any atom is -0.306 e. The number of halogens is 2. The van der Waals surface area contributed by atoms with E-state index in [2.05, 4.69) is 27.8 Å². The summed E-state index contributed by atoms with van der Waals surface area (Å²) in [4.78, 5) is 0. The Morgan fingerprint density at radius 1 is 1.57 bits per heavy atom. The molecule has 0 aliphatic heterocycles. The summed E-state index contributed by atoms with van der Waals surface area (Å²) >= 11 is 3.24. The summed E-state index contributed by atoms with van der Waals surface area (Å²) in [7, 11) is 0. The van der Waals surface area contributed by atoms with Gasteiger partial charge in [0.25, 0.3) is 0 Å². The molecule has 0 radical (unpaired) electrons. The SMILES string of the molecule is C=C(Br)CN[C@H](C)c1ccccc1F. The van der Waals surface area contributed by atoms with E-state index in [9.17, 15) is 4.39 Å². The van der Waals surface area contributed by atoms with E-state index in [-0.39, 0.29) is 11.9 Å². The van der Waals surface area contributed by atoms with Crippen molar-refractivity contribution in [1.29, 1.82) is 0 Å². The third kappa shape index (κ3) is 3.24. The Morgan fingerprint density at radius 2 is 2.21 bits per heavy atom. The van der Waals surface area contributed by atoms with Crippen LogP contribution in [0, 0.1) is 5.82 Å². The fourth-order valence-electron chi connectivity index (χ4n) is 1.20. The van der Waals surface area contributed by atoms with Gasteiger partial charge in [0, 0.05) is 22.6 Å². The van der Waals surface area contributed by atoms with Gasteiger partial charge in [-0.1, -0.05) is 40.7 Å². The molecule has 0 heterocycles. The van der Waals surface area contributed by atoms with Crippen LogP contribution in [0.3, 0.4) is 0 Å². The molecule has 76 valence electrons. The maximum atomic E-state index is 13.3. The maximum Gasteiger partial charge on any atom is 0.127 e. The van der Waals surface area contributed by atoms with Gasteiger partial charge in [-0.05, 0) is 13.0 Å². The van der Waals surface area contributed by atoms with Crippen molar-refractivity contribution in [2.24, 2.45) is 0 Å². The molecule has 1 nitrogen and oxygen atoms in total. The second-order valence-electron chi connectivity index (χ2n) is 3.14. The first kappa shape index (κ1) is 11.4. The highest BCUT2D eigenvalue weighted by molar-refractivity contribution is 9.11. The van der Waals surface area contributed by atoms with Crippen molar-refractivity contribution in [2.75, 3.05) is 6.54 Å². The van der Waals surface area contributed by atoms with Crippen molar-refractivity contribution < 1.29 is 4.39 Å². The third-order valence-electron chi connectivity index (χ3n) is 1.97. The summed E-state index contributed by atoms with van der Waals surface area (Å²) in [6.07, 6.45) is 0. The molecule has 3 heteroatoms. The van der Waals surface area contributed by atoms with Crippen molar-refractivity contribution in [3.8, 4) is 0 Å². The minimum atomic E-state index is -0.173. The molecule has 0 saturated heterocycles. The number of benzene rings is 1. The molecule has 0 aliphatic rings. The molecule has 0 aliphatic carbocycles. The van der Waals surface area contributed by atoms with Crippen LogP contribution in [0.5, 0.6) is 0 Å². The average molecular weight is 258 g/mol. The molecule has 1 rings (SSSR count). The molecule has 1 N–H and O–H groups in total. The summed E-state index contributed by atoms with van der Waals surface area (Å²) in [6, 6.07) is 6.76. The van der Waals surface area contributed by atoms with E-state index in [4.69, 9.17) is 0 Å². The molecule has 14 heavy (non-hydrogen) atoms. The minimum absolute atomic E-state index is 0.00880. The lowest BCUT2D eigenvalue weighted by atomic mass is 10.1. The molecular formula is C11H13BrFN. The Bertz CT molecular complexity index is 325. The summed E-state index contributed by atoms with van der Waals surface area (Å²) < 4.78 is 14.2. The Labute approximate surface area is 92.1 Å². The van der Waals surface area contributed by atoms with Crippen LogP contribution in [0.25, 0.3) is 0 Å². The second kappa shape index (κ2) is 5.27. The maximum absolute atomic E-state index is 13.3. The Balaban J connectivity index is 2.65. The predicted molar refractivity (Wildman–Crippen MR) is 60.9 cm³/mol. The monoisotopic (exact) mass is 257 g/mol. The average Bonchev–Trinajstić information content (AvgIpc) is 2.15. The van der Waals surface area contributed by atoms with Crippen LogP contribution in [0.15, 0.2) is 35.3 Å². The third-order valence-corrected chi connectivity index (χ3v) is 2.25. The standard InChI is InChI=1S/C11H13BrFN/c1-8(12)7-14-9(2)10-5-3-4-6-11(10)13/h3-6,9,14H,1,7H2,2H3/t9-/m1/s1. The molecule has 0 bridgehead atoms. The van der Waals surface area contributed by atoms with Gasteiger partial charge in [-0.2, -0.15) is 0 Å². The summed E-state index contributed by atoms with van der Waals surface area (Å²) in [5.74, 6) is -0.173. The van der Waals surface area contributed by atoms with Crippen molar-refractivity contribution in [2.45, 2.75) is 13.0 Å². The molecule has 0 unspecified atom stereocenters. The van der Waals surface area contributed by atoms with Crippen LogP contribution in [0.4, 0.5) is 4.39 Å². The summed E-state index contributed by atoms with van der Waals surface area (Å²) in [5, 5.41) is 3.15. The smallest absolute Gasteiger partial charge is 0.127 e. The van der Waals surface area contributed by atoms with Crippen LogP contribution in [-0.4, -0.2) is 6.54 Å². The van der Waals surface area contributed by atoms with E-state index in [0.29, 0.717) is 12.1 Å². The highest BCUT2D eigenvalue weighted by Crippen LogP contribution is 2.16. The highest BCUT2D eigenvalue weighted by Gasteiger charge is 2.08. The van der Waals surface area contributed by atoms with Gasteiger partial charge < -0.3 is 5.32 Å². The van der Waals surface area contributed by atoms with E-state index in [1.165, 1.54) is 6.07 Å². The molecule has 0 fully saturated rings. The molecule has 0 saturated carbocycles. The lowest BCUT2D eigenvalue weighted by Crippen LogP contribution is -2.20. The molecular weight excluding hydrogens is 245 g/mol. The fraction of sp³-hybridized carbons (Fsp3) is 0.273. The molecule has 1 atom stereocenters. The number of hydrogen-bond donors (Lipinski definition) is 1. The first-order chi connectivity index (χ1) is 6.61. The van der Waals surface area contributed by atoms with Gasteiger partial charge in [0.2, 0.25) is 0 Å². The number of hydrogen-bond acceptors (Lipinski definition) is 1. The first-order valence-electron chi connectivity index (χ1n) is 4.42. The van der Waals surface area contributed by atoms with Gasteiger partial charge in [0.05, 0.1) is 0 Å².